The summed E-state index contributed by atoms with van der Waals surface area (Å²) in [5, 5.41) is 2.17. The van der Waals surface area contributed by atoms with Gasteiger partial charge in [-0.15, -0.1) is 11.3 Å². The van der Waals surface area contributed by atoms with Gasteiger partial charge < -0.3 is 0 Å². The number of rotatable bonds is 2. The lowest BCUT2D eigenvalue weighted by molar-refractivity contribution is 0.112. The highest BCUT2D eigenvalue weighted by Gasteiger charge is 2.06. The van der Waals surface area contributed by atoms with Crippen molar-refractivity contribution in [2.24, 2.45) is 0 Å². The van der Waals surface area contributed by atoms with Gasteiger partial charge in [-0.3, -0.25) is 4.79 Å². The van der Waals surface area contributed by atoms with Gasteiger partial charge in [-0.1, -0.05) is 11.6 Å². The molecule has 0 fully saturated rings. The average molecular weight is 242 g/mol. The molecule has 0 atom stereocenters. The summed E-state index contributed by atoms with van der Waals surface area (Å²) in [5.74, 6) is -0.466. The number of nitrogens with zero attached hydrogens (tertiary/aromatic N) is 1. The molecule has 2 nitrogen and oxygen atoms in total. The molecule has 0 saturated carbocycles. The lowest BCUT2D eigenvalue weighted by atomic mass is 10.2. The van der Waals surface area contributed by atoms with Gasteiger partial charge in [-0.05, 0) is 18.2 Å². The predicted octanol–water partition coefficient (Wildman–Crippen LogP) is 3.42. The van der Waals surface area contributed by atoms with E-state index >= 15 is 0 Å². The molecule has 0 spiro atoms. The Morgan fingerprint density at radius 3 is 2.87 bits per heavy atom. The van der Waals surface area contributed by atoms with E-state index in [0.29, 0.717) is 22.6 Å². The maximum Gasteiger partial charge on any atom is 0.178 e. The van der Waals surface area contributed by atoms with Crippen LogP contribution in [0.3, 0.4) is 0 Å². The van der Waals surface area contributed by atoms with E-state index in [1.807, 2.05) is 0 Å². The molecule has 76 valence electrons. The molecule has 0 N–H and O–H groups in total. The van der Waals surface area contributed by atoms with E-state index in [0.717, 1.165) is 0 Å². The van der Waals surface area contributed by atoms with Gasteiger partial charge in [-0.2, -0.15) is 0 Å². The Kier molecular flexibility index (Phi) is 2.79. The fraction of sp³-hybridized carbons (Fsp3) is 0. The molecule has 2 aromatic rings. The molecule has 0 bridgehead atoms. The molecule has 0 radical (unpaired) electrons. The van der Waals surface area contributed by atoms with Crippen LogP contribution in [0.1, 0.15) is 9.80 Å². The normalized spacial score (nSPS) is 10.3. The van der Waals surface area contributed by atoms with Crippen LogP contribution in [-0.4, -0.2) is 11.3 Å². The summed E-state index contributed by atoms with van der Waals surface area (Å²) in [6.07, 6.45) is 0.680. The Balaban J connectivity index is 2.44. The third kappa shape index (κ3) is 2.06. The lowest BCUT2D eigenvalue weighted by Crippen LogP contribution is -1.82. The number of halogens is 2. The largest absolute Gasteiger partial charge is 0.295 e. The number of hydrogen-bond acceptors (Lipinski definition) is 3. The highest BCUT2D eigenvalue weighted by molar-refractivity contribution is 7.11. The van der Waals surface area contributed by atoms with Crippen molar-refractivity contribution in [1.82, 2.24) is 4.98 Å². The first-order chi connectivity index (χ1) is 7.20. The third-order valence-electron chi connectivity index (χ3n) is 1.84. The summed E-state index contributed by atoms with van der Waals surface area (Å²) >= 11 is 6.87. The van der Waals surface area contributed by atoms with Crippen LogP contribution in [0, 0.1) is 5.82 Å². The third-order valence-corrected chi connectivity index (χ3v) is 2.90. The van der Waals surface area contributed by atoms with Crippen molar-refractivity contribution in [3.05, 3.63) is 39.4 Å². The number of carbonyl (C=O) groups excluding carboxylic acids is 1. The van der Waals surface area contributed by atoms with E-state index in [1.165, 1.54) is 23.5 Å². The first kappa shape index (κ1) is 10.3. The first-order valence-corrected chi connectivity index (χ1v) is 5.32. The average Bonchev–Trinajstić information content (AvgIpc) is 2.70. The van der Waals surface area contributed by atoms with Gasteiger partial charge in [0.1, 0.15) is 5.82 Å². The Morgan fingerprint density at radius 1 is 1.47 bits per heavy atom. The smallest absolute Gasteiger partial charge is 0.178 e. The lowest BCUT2D eigenvalue weighted by Gasteiger charge is -1.98. The zero-order valence-electron chi connectivity index (χ0n) is 7.41. The highest BCUT2D eigenvalue weighted by Crippen LogP contribution is 2.25. The van der Waals surface area contributed by atoms with Crippen molar-refractivity contribution in [2.45, 2.75) is 0 Å². The van der Waals surface area contributed by atoms with E-state index < -0.39 is 5.82 Å². The zero-order valence-corrected chi connectivity index (χ0v) is 8.98. The molecule has 0 unspecified atom stereocenters. The van der Waals surface area contributed by atoms with Crippen molar-refractivity contribution in [3.8, 4) is 11.3 Å². The van der Waals surface area contributed by atoms with Crippen molar-refractivity contribution in [2.75, 3.05) is 0 Å². The summed E-state index contributed by atoms with van der Waals surface area (Å²) in [5.41, 5.74) is 1.33. The number of aromatic nitrogens is 1. The van der Waals surface area contributed by atoms with Crippen LogP contribution in [0.15, 0.2) is 23.6 Å². The first-order valence-electron chi connectivity index (χ1n) is 4.07. The molecule has 0 aliphatic rings. The van der Waals surface area contributed by atoms with Gasteiger partial charge in [0.05, 0.1) is 10.7 Å². The van der Waals surface area contributed by atoms with Crippen LogP contribution in [0.2, 0.25) is 5.02 Å². The zero-order chi connectivity index (χ0) is 10.8. The molecule has 0 saturated heterocycles. The van der Waals surface area contributed by atoms with Gasteiger partial charge in [0.15, 0.2) is 11.3 Å². The van der Waals surface area contributed by atoms with Gasteiger partial charge in [0.25, 0.3) is 0 Å². The molecular weight excluding hydrogens is 237 g/mol. The second kappa shape index (κ2) is 4.08. The van der Waals surface area contributed by atoms with Crippen molar-refractivity contribution in [1.29, 1.82) is 0 Å². The maximum absolute atomic E-state index is 12.9. The summed E-state index contributed by atoms with van der Waals surface area (Å²) in [7, 11) is 0. The maximum atomic E-state index is 12.9. The molecule has 0 aliphatic heterocycles. The molecule has 1 heterocycles. The number of benzene rings is 1. The van der Waals surface area contributed by atoms with Gasteiger partial charge in [0, 0.05) is 10.9 Å². The van der Waals surface area contributed by atoms with Crippen molar-refractivity contribution < 1.29 is 9.18 Å². The Hall–Kier alpha value is -1.26. The van der Waals surface area contributed by atoms with Crippen molar-refractivity contribution in [3.63, 3.8) is 0 Å². The minimum absolute atomic E-state index is 0.0492. The van der Waals surface area contributed by atoms with E-state index in [9.17, 15) is 9.18 Å². The highest BCUT2D eigenvalue weighted by atomic mass is 35.5. The second-order valence-electron chi connectivity index (χ2n) is 2.82. The predicted molar refractivity (Wildman–Crippen MR) is 57.9 cm³/mol. The minimum atomic E-state index is -0.466. The second-order valence-corrected chi connectivity index (χ2v) is 4.11. The van der Waals surface area contributed by atoms with Crippen LogP contribution in [-0.2, 0) is 0 Å². The van der Waals surface area contributed by atoms with Gasteiger partial charge in [-0.25, -0.2) is 9.37 Å². The number of thiazole rings is 1. The monoisotopic (exact) mass is 241 g/mol. The Labute approximate surface area is 94.3 Å². The van der Waals surface area contributed by atoms with Crippen LogP contribution < -0.4 is 0 Å². The number of hydrogen-bond donors (Lipinski definition) is 0. The van der Waals surface area contributed by atoms with Gasteiger partial charge >= 0.3 is 0 Å². The summed E-state index contributed by atoms with van der Waals surface area (Å²) < 4.78 is 12.9. The van der Waals surface area contributed by atoms with E-state index in [1.54, 1.807) is 11.4 Å². The fourth-order valence-corrected chi connectivity index (χ4v) is 1.94. The molecule has 2 rings (SSSR count). The summed E-state index contributed by atoms with van der Waals surface area (Å²) in [6.45, 7) is 0. The van der Waals surface area contributed by atoms with Crippen LogP contribution in [0.25, 0.3) is 11.3 Å². The van der Waals surface area contributed by atoms with Gasteiger partial charge in [0.2, 0.25) is 0 Å². The number of carbonyl (C=O) groups is 1. The van der Waals surface area contributed by atoms with Crippen molar-refractivity contribution >= 4 is 29.2 Å². The molecule has 0 aliphatic carbocycles. The molecule has 1 aromatic heterocycles. The minimum Gasteiger partial charge on any atom is -0.295 e. The topological polar surface area (TPSA) is 30.0 Å². The molecule has 5 heteroatoms. The van der Waals surface area contributed by atoms with E-state index in [-0.39, 0.29) is 5.02 Å². The molecule has 0 amide bonds. The van der Waals surface area contributed by atoms with Crippen LogP contribution in [0.5, 0.6) is 0 Å². The Morgan fingerprint density at radius 2 is 2.27 bits per heavy atom. The van der Waals surface area contributed by atoms with Crippen LogP contribution in [0.4, 0.5) is 4.39 Å². The van der Waals surface area contributed by atoms with Crippen LogP contribution >= 0.6 is 22.9 Å². The van der Waals surface area contributed by atoms with E-state index in [4.69, 9.17) is 11.6 Å². The number of aldehydes is 1. The quantitative estimate of drug-likeness (QED) is 0.754. The summed E-state index contributed by atoms with van der Waals surface area (Å²) in [4.78, 5) is 14.5. The van der Waals surface area contributed by atoms with E-state index in [2.05, 4.69) is 4.98 Å². The SMILES string of the molecule is O=Cc1nc(-c2ccc(F)c(Cl)c2)cs1. The fourth-order valence-electron chi connectivity index (χ4n) is 1.13. The standard InChI is InChI=1S/C10H5ClFNOS/c11-7-3-6(1-2-8(7)12)9-5-15-10(4-14)13-9/h1-5H. The summed E-state index contributed by atoms with van der Waals surface area (Å²) in [6, 6.07) is 4.34. The molecular formula is C10H5ClFNOS. The molecule has 1 aromatic carbocycles. The Bertz CT molecular complexity index is 512. The molecule has 15 heavy (non-hydrogen) atoms.